The zero-order valence-electron chi connectivity index (χ0n) is 15.1. The molecule has 2 N–H and O–H groups in total. The summed E-state index contributed by atoms with van der Waals surface area (Å²) in [6, 6.07) is 5.26. The maximum Gasteiger partial charge on any atom is 0.225 e. The minimum absolute atomic E-state index is 0.0263. The van der Waals surface area contributed by atoms with Crippen LogP contribution >= 0.6 is 0 Å². The molecule has 0 spiro atoms. The third-order valence-electron chi connectivity index (χ3n) is 3.80. The summed E-state index contributed by atoms with van der Waals surface area (Å²) < 4.78 is 0. The standard InChI is InChI=1S/C19H31N3O2/c1-3-5-7-9-14-18(23)21-16-12-11-13-17(20-16)22-19(24)15-10-8-6-4-2/h11-13H,3-10,14-15H2,1-2H3,(H2,20,21,22,23,24). The first-order valence-corrected chi connectivity index (χ1v) is 9.22. The predicted molar refractivity (Wildman–Crippen MR) is 99.0 cm³/mol. The number of hydrogen-bond donors (Lipinski definition) is 2. The summed E-state index contributed by atoms with van der Waals surface area (Å²) in [7, 11) is 0. The fourth-order valence-corrected chi connectivity index (χ4v) is 2.41. The first kappa shape index (κ1) is 20.1. The zero-order chi connectivity index (χ0) is 17.6. The zero-order valence-corrected chi connectivity index (χ0v) is 15.1. The molecule has 0 atom stereocenters. The van der Waals surface area contributed by atoms with Gasteiger partial charge < -0.3 is 10.6 Å². The van der Waals surface area contributed by atoms with Crippen molar-refractivity contribution in [3.05, 3.63) is 18.2 Å². The van der Waals surface area contributed by atoms with Gasteiger partial charge in [-0.1, -0.05) is 58.4 Å². The molecule has 24 heavy (non-hydrogen) atoms. The molecule has 1 rings (SSSR count). The van der Waals surface area contributed by atoms with Crippen LogP contribution < -0.4 is 10.6 Å². The van der Waals surface area contributed by atoms with Crippen molar-refractivity contribution in [1.82, 2.24) is 4.98 Å². The highest BCUT2D eigenvalue weighted by Crippen LogP contribution is 2.12. The molecule has 5 heteroatoms. The fraction of sp³-hybridized carbons (Fsp3) is 0.632. The Hall–Kier alpha value is -1.91. The van der Waals surface area contributed by atoms with Gasteiger partial charge >= 0.3 is 0 Å². The Morgan fingerprint density at radius 1 is 0.792 bits per heavy atom. The van der Waals surface area contributed by atoms with E-state index >= 15 is 0 Å². The van der Waals surface area contributed by atoms with Crippen LogP contribution in [0, 0.1) is 0 Å². The van der Waals surface area contributed by atoms with Crippen LogP contribution in [0.25, 0.3) is 0 Å². The predicted octanol–water partition coefficient (Wildman–Crippen LogP) is 4.90. The molecule has 134 valence electrons. The number of hydrogen-bond acceptors (Lipinski definition) is 3. The second kappa shape index (κ2) is 12.5. The lowest BCUT2D eigenvalue weighted by Crippen LogP contribution is -2.15. The van der Waals surface area contributed by atoms with Gasteiger partial charge in [0.1, 0.15) is 11.6 Å². The lowest BCUT2D eigenvalue weighted by molar-refractivity contribution is -0.117. The van der Waals surface area contributed by atoms with Gasteiger partial charge in [-0.2, -0.15) is 0 Å². The van der Waals surface area contributed by atoms with E-state index in [2.05, 4.69) is 29.5 Å². The van der Waals surface area contributed by atoms with Crippen LogP contribution in [0.1, 0.15) is 78.1 Å². The van der Waals surface area contributed by atoms with E-state index in [9.17, 15) is 9.59 Å². The van der Waals surface area contributed by atoms with Gasteiger partial charge in [0.15, 0.2) is 0 Å². The van der Waals surface area contributed by atoms with E-state index in [1.165, 1.54) is 0 Å². The van der Waals surface area contributed by atoms with Crippen LogP contribution in [0.2, 0.25) is 0 Å². The molecule has 0 radical (unpaired) electrons. The highest BCUT2D eigenvalue weighted by molar-refractivity contribution is 5.91. The van der Waals surface area contributed by atoms with E-state index in [0.717, 1.165) is 51.4 Å². The number of carbonyl (C=O) groups is 2. The molecule has 0 aliphatic heterocycles. The maximum absolute atomic E-state index is 11.9. The van der Waals surface area contributed by atoms with Gasteiger partial charge in [0, 0.05) is 12.8 Å². The van der Waals surface area contributed by atoms with E-state index < -0.39 is 0 Å². The lowest BCUT2D eigenvalue weighted by atomic mass is 10.1. The van der Waals surface area contributed by atoms with Crippen molar-refractivity contribution in [3.8, 4) is 0 Å². The number of rotatable bonds is 12. The molecule has 1 aromatic rings. The maximum atomic E-state index is 11.9. The van der Waals surface area contributed by atoms with Crippen molar-refractivity contribution in [2.45, 2.75) is 78.1 Å². The number of aromatic nitrogens is 1. The Morgan fingerprint density at radius 2 is 1.25 bits per heavy atom. The Kier molecular flexibility index (Phi) is 10.5. The third-order valence-corrected chi connectivity index (χ3v) is 3.80. The summed E-state index contributed by atoms with van der Waals surface area (Å²) in [6.45, 7) is 4.29. The third kappa shape index (κ3) is 9.28. The molecule has 0 aliphatic rings. The molecule has 0 fully saturated rings. The van der Waals surface area contributed by atoms with E-state index in [4.69, 9.17) is 0 Å². The highest BCUT2D eigenvalue weighted by Gasteiger charge is 2.06. The Labute approximate surface area is 145 Å². The van der Waals surface area contributed by atoms with Crippen molar-refractivity contribution < 1.29 is 9.59 Å². The molecule has 0 unspecified atom stereocenters. The fourth-order valence-electron chi connectivity index (χ4n) is 2.41. The number of carbonyl (C=O) groups excluding carboxylic acids is 2. The molecule has 0 bridgehead atoms. The van der Waals surface area contributed by atoms with Crippen LogP contribution in [0.5, 0.6) is 0 Å². The largest absolute Gasteiger partial charge is 0.311 e. The summed E-state index contributed by atoms with van der Waals surface area (Å²) in [4.78, 5) is 28.0. The summed E-state index contributed by atoms with van der Waals surface area (Å²) in [5.41, 5.74) is 0. The van der Waals surface area contributed by atoms with Gasteiger partial charge in [-0.25, -0.2) is 4.98 Å². The molecule has 1 aromatic heterocycles. The highest BCUT2D eigenvalue weighted by atomic mass is 16.2. The number of pyridine rings is 1. The van der Waals surface area contributed by atoms with Crippen LogP contribution in [0.15, 0.2) is 18.2 Å². The average molecular weight is 333 g/mol. The molecule has 5 nitrogen and oxygen atoms in total. The Bertz CT molecular complexity index is 462. The van der Waals surface area contributed by atoms with E-state index in [1.807, 2.05) is 0 Å². The minimum Gasteiger partial charge on any atom is -0.311 e. The molecule has 0 aromatic carbocycles. The molecule has 0 aliphatic carbocycles. The summed E-state index contributed by atoms with van der Waals surface area (Å²) in [6.07, 6.45) is 9.59. The first-order valence-electron chi connectivity index (χ1n) is 9.22. The summed E-state index contributed by atoms with van der Waals surface area (Å²) in [5.74, 6) is 0.918. The van der Waals surface area contributed by atoms with Crippen molar-refractivity contribution in [2.75, 3.05) is 10.6 Å². The van der Waals surface area contributed by atoms with Crippen molar-refractivity contribution in [2.24, 2.45) is 0 Å². The minimum atomic E-state index is -0.0263. The van der Waals surface area contributed by atoms with Gasteiger partial charge in [0.25, 0.3) is 0 Å². The normalized spacial score (nSPS) is 10.4. The topological polar surface area (TPSA) is 71.1 Å². The van der Waals surface area contributed by atoms with E-state index in [-0.39, 0.29) is 11.8 Å². The second-order valence-electron chi connectivity index (χ2n) is 6.13. The first-order chi connectivity index (χ1) is 11.7. The van der Waals surface area contributed by atoms with Crippen LogP contribution in [0.3, 0.4) is 0 Å². The summed E-state index contributed by atoms with van der Waals surface area (Å²) >= 11 is 0. The molecule has 2 amide bonds. The van der Waals surface area contributed by atoms with Gasteiger partial charge in [0.05, 0.1) is 0 Å². The number of nitrogens with zero attached hydrogens (tertiary/aromatic N) is 1. The Balaban J connectivity index is 2.37. The number of unbranched alkanes of at least 4 members (excludes halogenated alkanes) is 6. The van der Waals surface area contributed by atoms with Crippen LogP contribution in [-0.4, -0.2) is 16.8 Å². The second-order valence-corrected chi connectivity index (χ2v) is 6.13. The van der Waals surface area contributed by atoms with Crippen molar-refractivity contribution in [3.63, 3.8) is 0 Å². The molecular weight excluding hydrogens is 302 g/mol. The quantitative estimate of drug-likeness (QED) is 0.534. The molecular formula is C19H31N3O2. The van der Waals surface area contributed by atoms with Crippen LogP contribution in [-0.2, 0) is 9.59 Å². The van der Waals surface area contributed by atoms with E-state index in [1.54, 1.807) is 18.2 Å². The number of amides is 2. The SMILES string of the molecule is CCCCCCC(=O)Nc1cccc(NC(=O)CCCCCC)n1. The monoisotopic (exact) mass is 333 g/mol. The number of anilines is 2. The van der Waals surface area contributed by atoms with Gasteiger partial charge in [0.2, 0.25) is 11.8 Å². The van der Waals surface area contributed by atoms with Crippen molar-refractivity contribution >= 4 is 23.5 Å². The lowest BCUT2D eigenvalue weighted by Gasteiger charge is -2.08. The number of nitrogens with one attached hydrogen (secondary N) is 2. The van der Waals surface area contributed by atoms with Crippen molar-refractivity contribution in [1.29, 1.82) is 0 Å². The summed E-state index contributed by atoms with van der Waals surface area (Å²) in [5, 5.41) is 5.58. The molecule has 0 saturated heterocycles. The average Bonchev–Trinajstić information content (AvgIpc) is 2.56. The van der Waals surface area contributed by atoms with Gasteiger partial charge in [-0.05, 0) is 25.0 Å². The molecule has 1 heterocycles. The van der Waals surface area contributed by atoms with Gasteiger partial charge in [-0.3, -0.25) is 9.59 Å². The van der Waals surface area contributed by atoms with E-state index in [0.29, 0.717) is 24.5 Å². The smallest absolute Gasteiger partial charge is 0.225 e. The molecule has 0 saturated carbocycles. The van der Waals surface area contributed by atoms with Crippen LogP contribution in [0.4, 0.5) is 11.6 Å². The Morgan fingerprint density at radius 3 is 1.67 bits per heavy atom. The van der Waals surface area contributed by atoms with Gasteiger partial charge in [-0.15, -0.1) is 0 Å².